The highest BCUT2D eigenvalue weighted by molar-refractivity contribution is 5.84. The molecule has 32 heavy (non-hydrogen) atoms. The molecule has 0 spiro atoms. The Bertz CT molecular complexity index is 1140. The number of alkyl halides is 3. The number of halogens is 3. The summed E-state index contributed by atoms with van der Waals surface area (Å²) < 4.78 is 52.3. The van der Waals surface area contributed by atoms with E-state index in [0.717, 1.165) is 5.56 Å². The summed E-state index contributed by atoms with van der Waals surface area (Å²) >= 11 is 0. The molecule has 1 atom stereocenters. The summed E-state index contributed by atoms with van der Waals surface area (Å²) in [5, 5.41) is 12.8. The number of aromatic nitrogens is 2. The van der Waals surface area contributed by atoms with Gasteiger partial charge in [0.05, 0.1) is 25.2 Å². The van der Waals surface area contributed by atoms with Crippen LogP contribution in [0.15, 0.2) is 53.5 Å². The lowest BCUT2D eigenvalue weighted by molar-refractivity contribution is -0.223. The number of carbonyl (C=O) groups is 1. The highest BCUT2D eigenvalue weighted by Gasteiger charge is 2.42. The molecule has 170 valence electrons. The standard InChI is InChI=1S/C22H21F3N2O5/c1-31-15-9-7-14(8-10-15)13-27-21(30)17-5-2-4-16(18(17)12-26-27)20(22(23,24)25)32-11-3-6-19(28)29/h2,4-5,7-10,12,20H,3,6,11,13H2,1H3,(H,28,29). The Labute approximate surface area is 181 Å². The maximum absolute atomic E-state index is 13.7. The van der Waals surface area contributed by atoms with E-state index >= 15 is 0 Å². The van der Waals surface area contributed by atoms with Crippen LogP contribution in [-0.4, -0.2) is 40.7 Å². The van der Waals surface area contributed by atoms with Crippen LogP contribution < -0.4 is 10.3 Å². The Hall–Kier alpha value is -3.40. The van der Waals surface area contributed by atoms with Gasteiger partial charge < -0.3 is 14.6 Å². The number of carboxylic acids is 1. The van der Waals surface area contributed by atoms with Crippen LogP contribution in [0.4, 0.5) is 13.2 Å². The first-order chi connectivity index (χ1) is 15.2. The molecule has 0 saturated heterocycles. The molecule has 3 rings (SSSR count). The number of fused-ring (bicyclic) bond motifs is 1. The van der Waals surface area contributed by atoms with E-state index in [0.29, 0.717) is 5.75 Å². The zero-order valence-electron chi connectivity index (χ0n) is 17.1. The summed E-state index contributed by atoms with van der Waals surface area (Å²) in [5.74, 6) is -0.470. The van der Waals surface area contributed by atoms with Crippen LogP contribution in [0.2, 0.25) is 0 Å². The molecule has 0 fully saturated rings. The third-order valence-electron chi connectivity index (χ3n) is 4.82. The number of ether oxygens (including phenoxy) is 2. The number of nitrogens with zero attached hydrogens (tertiary/aromatic N) is 2. The van der Waals surface area contributed by atoms with Crippen molar-refractivity contribution in [3.8, 4) is 5.75 Å². The summed E-state index contributed by atoms with van der Waals surface area (Å²) in [6, 6.07) is 11.0. The van der Waals surface area contributed by atoms with Gasteiger partial charge in [0.25, 0.3) is 5.56 Å². The molecular formula is C22H21F3N2O5. The van der Waals surface area contributed by atoms with Gasteiger partial charge in [-0.2, -0.15) is 18.3 Å². The SMILES string of the molecule is COc1ccc(Cn2ncc3c(C(OCCCC(=O)O)C(F)(F)F)cccc3c2=O)cc1. The van der Waals surface area contributed by atoms with Crippen LogP contribution in [0.25, 0.3) is 10.8 Å². The van der Waals surface area contributed by atoms with Gasteiger partial charge in [0, 0.05) is 18.4 Å². The van der Waals surface area contributed by atoms with Crippen LogP contribution >= 0.6 is 0 Å². The Kier molecular flexibility index (Phi) is 7.14. The van der Waals surface area contributed by atoms with Crippen LogP contribution in [0.3, 0.4) is 0 Å². The molecule has 0 aliphatic rings. The first-order valence-corrected chi connectivity index (χ1v) is 9.72. The molecule has 1 unspecified atom stereocenters. The lowest BCUT2D eigenvalue weighted by atomic mass is 10.0. The summed E-state index contributed by atoms with van der Waals surface area (Å²) in [5.41, 5.74) is -0.00988. The van der Waals surface area contributed by atoms with Crippen molar-refractivity contribution >= 4 is 16.7 Å². The number of benzene rings is 2. The summed E-state index contributed by atoms with van der Waals surface area (Å²) in [7, 11) is 1.53. The van der Waals surface area contributed by atoms with Gasteiger partial charge in [-0.3, -0.25) is 9.59 Å². The van der Waals surface area contributed by atoms with E-state index in [-0.39, 0.29) is 35.7 Å². The van der Waals surface area contributed by atoms with Crippen molar-refractivity contribution < 1.29 is 32.5 Å². The summed E-state index contributed by atoms with van der Waals surface area (Å²) in [6.45, 7) is -0.258. The monoisotopic (exact) mass is 450 g/mol. The Morgan fingerprint density at radius 2 is 1.88 bits per heavy atom. The smallest absolute Gasteiger partial charge is 0.418 e. The first-order valence-electron chi connectivity index (χ1n) is 9.72. The van der Waals surface area contributed by atoms with Crippen molar-refractivity contribution in [1.82, 2.24) is 9.78 Å². The lowest BCUT2D eigenvalue weighted by Crippen LogP contribution is -2.27. The van der Waals surface area contributed by atoms with Crippen molar-refractivity contribution in [1.29, 1.82) is 0 Å². The second-order valence-electron chi connectivity index (χ2n) is 7.05. The van der Waals surface area contributed by atoms with E-state index in [1.54, 1.807) is 24.3 Å². The first kappa shape index (κ1) is 23.3. The predicted molar refractivity (Wildman–Crippen MR) is 110 cm³/mol. The predicted octanol–water partition coefficient (Wildman–Crippen LogP) is 3.94. The maximum atomic E-state index is 13.7. The van der Waals surface area contributed by atoms with Crippen LogP contribution in [0, 0.1) is 0 Å². The van der Waals surface area contributed by atoms with Crippen LogP contribution in [-0.2, 0) is 16.1 Å². The van der Waals surface area contributed by atoms with Gasteiger partial charge in [-0.05, 0) is 35.7 Å². The van der Waals surface area contributed by atoms with Gasteiger partial charge >= 0.3 is 12.1 Å². The zero-order chi connectivity index (χ0) is 23.3. The Balaban J connectivity index is 1.93. The van der Waals surface area contributed by atoms with Gasteiger partial charge in [0.1, 0.15) is 5.75 Å². The van der Waals surface area contributed by atoms with Crippen molar-refractivity contribution in [3.05, 3.63) is 70.1 Å². The molecule has 7 nitrogen and oxygen atoms in total. The van der Waals surface area contributed by atoms with Gasteiger partial charge in [0.2, 0.25) is 0 Å². The maximum Gasteiger partial charge on any atom is 0.418 e. The van der Waals surface area contributed by atoms with Gasteiger partial charge in [-0.25, -0.2) is 4.68 Å². The van der Waals surface area contributed by atoms with E-state index < -0.39 is 30.4 Å². The number of carboxylic acid groups (broad SMARTS) is 1. The molecule has 0 radical (unpaired) electrons. The fraction of sp³-hybridized carbons (Fsp3) is 0.318. The number of hydrogen-bond acceptors (Lipinski definition) is 5. The molecular weight excluding hydrogens is 429 g/mol. The molecule has 1 aromatic heterocycles. The van der Waals surface area contributed by atoms with Gasteiger partial charge in [-0.1, -0.05) is 24.3 Å². The number of methoxy groups -OCH3 is 1. The highest BCUT2D eigenvalue weighted by Crippen LogP contribution is 2.38. The second-order valence-corrected chi connectivity index (χ2v) is 7.05. The molecule has 0 amide bonds. The molecule has 0 bridgehead atoms. The average Bonchev–Trinajstić information content (AvgIpc) is 2.75. The topological polar surface area (TPSA) is 90.7 Å². The van der Waals surface area contributed by atoms with Gasteiger partial charge in [0.15, 0.2) is 6.10 Å². The molecule has 3 aromatic rings. The minimum Gasteiger partial charge on any atom is -0.497 e. The van der Waals surface area contributed by atoms with Crippen molar-refractivity contribution in [2.45, 2.75) is 31.7 Å². The highest BCUT2D eigenvalue weighted by atomic mass is 19.4. The minimum absolute atomic E-state index is 0.0315. The number of hydrogen-bond donors (Lipinski definition) is 1. The fourth-order valence-electron chi connectivity index (χ4n) is 3.26. The van der Waals surface area contributed by atoms with Gasteiger partial charge in [-0.15, -0.1) is 0 Å². The van der Waals surface area contributed by atoms with Crippen molar-refractivity contribution in [3.63, 3.8) is 0 Å². The van der Waals surface area contributed by atoms with Crippen molar-refractivity contribution in [2.75, 3.05) is 13.7 Å². The Morgan fingerprint density at radius 1 is 1.16 bits per heavy atom. The normalized spacial score (nSPS) is 12.6. The molecule has 1 N–H and O–H groups in total. The molecule has 1 heterocycles. The van der Waals surface area contributed by atoms with Crippen LogP contribution in [0.1, 0.15) is 30.1 Å². The summed E-state index contributed by atoms with van der Waals surface area (Å²) in [6.07, 6.45) is -6.22. The third kappa shape index (κ3) is 5.44. The Morgan fingerprint density at radius 3 is 2.50 bits per heavy atom. The van der Waals surface area contributed by atoms with E-state index in [1.807, 2.05) is 0 Å². The average molecular weight is 450 g/mol. The molecule has 0 saturated carbocycles. The molecule has 0 aliphatic heterocycles. The fourth-order valence-corrected chi connectivity index (χ4v) is 3.26. The number of aliphatic carboxylic acids is 1. The second kappa shape index (κ2) is 9.82. The molecule has 2 aromatic carbocycles. The molecule has 0 aliphatic carbocycles. The van der Waals surface area contributed by atoms with E-state index in [9.17, 15) is 22.8 Å². The minimum atomic E-state index is -4.75. The van der Waals surface area contributed by atoms with Crippen molar-refractivity contribution in [2.24, 2.45) is 0 Å². The van der Waals surface area contributed by atoms with E-state index in [2.05, 4.69) is 5.10 Å². The number of rotatable bonds is 9. The van der Waals surface area contributed by atoms with Crippen LogP contribution in [0.5, 0.6) is 5.75 Å². The zero-order valence-corrected chi connectivity index (χ0v) is 17.1. The molecule has 10 heteroatoms. The quantitative estimate of drug-likeness (QED) is 0.497. The third-order valence-corrected chi connectivity index (χ3v) is 4.82. The summed E-state index contributed by atoms with van der Waals surface area (Å²) in [4.78, 5) is 23.5. The van der Waals surface area contributed by atoms with E-state index in [4.69, 9.17) is 14.6 Å². The lowest BCUT2D eigenvalue weighted by Gasteiger charge is -2.22. The largest absolute Gasteiger partial charge is 0.497 e. The van der Waals surface area contributed by atoms with E-state index in [1.165, 1.54) is 36.2 Å².